The number of hydrogen-bond donors (Lipinski definition) is 2. The molecule has 0 fully saturated rings. The van der Waals surface area contributed by atoms with E-state index in [0.29, 0.717) is 19.5 Å². The molecule has 0 radical (unpaired) electrons. The van der Waals surface area contributed by atoms with Crippen molar-refractivity contribution in [3.05, 3.63) is 35.9 Å². The Bertz CT molecular complexity index is 300. The van der Waals surface area contributed by atoms with Crippen LogP contribution >= 0.6 is 0 Å². The molecular weight excluding hydrogens is 190 g/mol. The molecule has 3 N–H and O–H groups in total. The standard InChI is InChI=1S/C11H17N3O/c1-14(11(15)7-8-13-12)9-10-5-3-2-4-6-10/h2-6,13H,7-9,12H2,1H3. The second-order valence-corrected chi connectivity index (χ2v) is 3.44. The number of benzene rings is 1. The maximum atomic E-state index is 11.5. The smallest absolute Gasteiger partial charge is 0.223 e. The SMILES string of the molecule is CN(Cc1ccccc1)C(=O)CCNN. The monoisotopic (exact) mass is 207 g/mol. The summed E-state index contributed by atoms with van der Waals surface area (Å²) in [5.41, 5.74) is 3.60. The summed E-state index contributed by atoms with van der Waals surface area (Å²) in [6.45, 7) is 1.15. The summed E-state index contributed by atoms with van der Waals surface area (Å²) in [6, 6.07) is 9.91. The van der Waals surface area contributed by atoms with E-state index < -0.39 is 0 Å². The van der Waals surface area contributed by atoms with E-state index in [-0.39, 0.29) is 5.91 Å². The second-order valence-electron chi connectivity index (χ2n) is 3.44. The molecule has 0 atom stereocenters. The van der Waals surface area contributed by atoms with Crippen LogP contribution in [0.3, 0.4) is 0 Å². The summed E-state index contributed by atoms with van der Waals surface area (Å²) in [4.78, 5) is 13.2. The van der Waals surface area contributed by atoms with Gasteiger partial charge in [0.1, 0.15) is 0 Å². The molecule has 0 heterocycles. The fourth-order valence-electron chi connectivity index (χ4n) is 1.32. The lowest BCUT2D eigenvalue weighted by atomic mass is 10.2. The first kappa shape index (κ1) is 11.7. The molecule has 15 heavy (non-hydrogen) atoms. The summed E-state index contributed by atoms with van der Waals surface area (Å²) >= 11 is 0. The van der Waals surface area contributed by atoms with Gasteiger partial charge in [-0.25, -0.2) is 0 Å². The molecule has 1 rings (SSSR count). The van der Waals surface area contributed by atoms with Crippen molar-refractivity contribution in [2.24, 2.45) is 5.84 Å². The first-order chi connectivity index (χ1) is 7.24. The predicted molar refractivity (Wildman–Crippen MR) is 59.7 cm³/mol. The van der Waals surface area contributed by atoms with Gasteiger partial charge in [0.15, 0.2) is 0 Å². The number of carbonyl (C=O) groups excluding carboxylic acids is 1. The van der Waals surface area contributed by atoms with Gasteiger partial charge in [-0.1, -0.05) is 30.3 Å². The molecule has 1 amide bonds. The van der Waals surface area contributed by atoms with Crippen LogP contribution in [0.4, 0.5) is 0 Å². The molecule has 4 nitrogen and oxygen atoms in total. The van der Waals surface area contributed by atoms with Crippen molar-refractivity contribution in [3.63, 3.8) is 0 Å². The Morgan fingerprint density at radius 3 is 2.67 bits per heavy atom. The van der Waals surface area contributed by atoms with E-state index >= 15 is 0 Å². The Hall–Kier alpha value is -1.39. The fraction of sp³-hybridized carbons (Fsp3) is 0.364. The van der Waals surface area contributed by atoms with Crippen LogP contribution < -0.4 is 11.3 Å². The van der Waals surface area contributed by atoms with Crippen molar-refractivity contribution >= 4 is 5.91 Å². The Morgan fingerprint density at radius 1 is 1.40 bits per heavy atom. The van der Waals surface area contributed by atoms with Gasteiger partial charge >= 0.3 is 0 Å². The highest BCUT2D eigenvalue weighted by Gasteiger charge is 2.07. The number of nitrogens with one attached hydrogen (secondary N) is 1. The number of hydrazine groups is 1. The van der Waals surface area contributed by atoms with Gasteiger partial charge < -0.3 is 4.90 Å². The van der Waals surface area contributed by atoms with Gasteiger partial charge in [0.05, 0.1) is 0 Å². The molecule has 1 aromatic rings. The zero-order valence-corrected chi connectivity index (χ0v) is 8.94. The van der Waals surface area contributed by atoms with E-state index in [1.807, 2.05) is 30.3 Å². The highest BCUT2D eigenvalue weighted by atomic mass is 16.2. The van der Waals surface area contributed by atoms with Crippen molar-refractivity contribution < 1.29 is 4.79 Å². The molecule has 0 unspecified atom stereocenters. The van der Waals surface area contributed by atoms with Crippen LogP contribution in [0.25, 0.3) is 0 Å². The van der Waals surface area contributed by atoms with Crippen molar-refractivity contribution in [1.82, 2.24) is 10.3 Å². The highest BCUT2D eigenvalue weighted by molar-refractivity contribution is 5.76. The zero-order chi connectivity index (χ0) is 11.1. The Morgan fingerprint density at radius 2 is 2.07 bits per heavy atom. The van der Waals surface area contributed by atoms with Gasteiger partial charge in [0.2, 0.25) is 5.91 Å². The number of amides is 1. The average Bonchev–Trinajstić information content (AvgIpc) is 2.27. The fourth-order valence-corrected chi connectivity index (χ4v) is 1.32. The molecule has 82 valence electrons. The second kappa shape index (κ2) is 6.16. The molecule has 0 aromatic heterocycles. The summed E-state index contributed by atoms with van der Waals surface area (Å²) in [7, 11) is 1.80. The summed E-state index contributed by atoms with van der Waals surface area (Å²) < 4.78 is 0. The van der Waals surface area contributed by atoms with Gasteiger partial charge in [-0.05, 0) is 5.56 Å². The van der Waals surface area contributed by atoms with Crippen LogP contribution in [0, 0.1) is 0 Å². The summed E-state index contributed by atoms with van der Waals surface area (Å²) in [6.07, 6.45) is 0.430. The molecule has 4 heteroatoms. The van der Waals surface area contributed by atoms with Crippen molar-refractivity contribution in [3.8, 4) is 0 Å². The third kappa shape index (κ3) is 4.10. The average molecular weight is 207 g/mol. The summed E-state index contributed by atoms with van der Waals surface area (Å²) in [5, 5.41) is 0. The van der Waals surface area contributed by atoms with E-state index in [4.69, 9.17) is 5.84 Å². The number of hydrogen-bond acceptors (Lipinski definition) is 3. The number of nitrogens with two attached hydrogens (primary N) is 1. The van der Waals surface area contributed by atoms with Crippen LogP contribution in [-0.2, 0) is 11.3 Å². The first-order valence-electron chi connectivity index (χ1n) is 4.95. The van der Waals surface area contributed by atoms with E-state index in [1.54, 1.807) is 11.9 Å². The van der Waals surface area contributed by atoms with E-state index in [9.17, 15) is 4.79 Å². The van der Waals surface area contributed by atoms with Crippen LogP contribution in [0.5, 0.6) is 0 Å². The topological polar surface area (TPSA) is 58.4 Å². The van der Waals surface area contributed by atoms with Gasteiger partial charge in [-0.2, -0.15) is 0 Å². The lowest BCUT2D eigenvalue weighted by Crippen LogP contribution is -2.31. The quantitative estimate of drug-likeness (QED) is 0.546. The van der Waals surface area contributed by atoms with Gasteiger partial charge in [0.25, 0.3) is 0 Å². The van der Waals surface area contributed by atoms with Gasteiger partial charge in [0, 0.05) is 26.6 Å². The van der Waals surface area contributed by atoms with Gasteiger partial charge in [-0.15, -0.1) is 0 Å². The lowest BCUT2D eigenvalue weighted by molar-refractivity contribution is -0.130. The first-order valence-corrected chi connectivity index (χ1v) is 4.95. The highest BCUT2D eigenvalue weighted by Crippen LogP contribution is 2.03. The maximum absolute atomic E-state index is 11.5. The van der Waals surface area contributed by atoms with Crippen molar-refractivity contribution in [2.75, 3.05) is 13.6 Å². The third-order valence-corrected chi connectivity index (χ3v) is 2.17. The zero-order valence-electron chi connectivity index (χ0n) is 8.94. The molecule has 1 aromatic carbocycles. The molecule has 0 spiro atoms. The Kier molecular flexibility index (Phi) is 4.80. The molecule has 0 bridgehead atoms. The third-order valence-electron chi connectivity index (χ3n) is 2.17. The lowest BCUT2D eigenvalue weighted by Gasteiger charge is -2.17. The number of carbonyl (C=O) groups is 1. The molecular formula is C11H17N3O. The number of rotatable bonds is 5. The normalized spacial score (nSPS) is 10.0. The van der Waals surface area contributed by atoms with Crippen molar-refractivity contribution in [1.29, 1.82) is 0 Å². The van der Waals surface area contributed by atoms with Gasteiger partial charge in [-0.3, -0.25) is 16.1 Å². The van der Waals surface area contributed by atoms with Crippen LogP contribution in [0.15, 0.2) is 30.3 Å². The number of nitrogens with zero attached hydrogens (tertiary/aromatic N) is 1. The molecule has 0 saturated carbocycles. The summed E-state index contributed by atoms with van der Waals surface area (Å²) in [5.74, 6) is 5.20. The predicted octanol–water partition coefficient (Wildman–Crippen LogP) is 0.498. The molecule has 0 aliphatic heterocycles. The maximum Gasteiger partial charge on any atom is 0.223 e. The van der Waals surface area contributed by atoms with Crippen molar-refractivity contribution in [2.45, 2.75) is 13.0 Å². The van der Waals surface area contributed by atoms with E-state index in [0.717, 1.165) is 5.56 Å². The Balaban J connectivity index is 2.41. The minimum atomic E-state index is 0.0943. The van der Waals surface area contributed by atoms with Crippen LogP contribution in [0.2, 0.25) is 0 Å². The van der Waals surface area contributed by atoms with Crippen LogP contribution in [-0.4, -0.2) is 24.4 Å². The molecule has 0 saturated heterocycles. The molecule has 0 aliphatic rings. The van der Waals surface area contributed by atoms with E-state index in [2.05, 4.69) is 5.43 Å². The Labute approximate surface area is 90.0 Å². The minimum Gasteiger partial charge on any atom is -0.341 e. The van der Waals surface area contributed by atoms with Crippen LogP contribution in [0.1, 0.15) is 12.0 Å². The minimum absolute atomic E-state index is 0.0943. The molecule has 0 aliphatic carbocycles. The largest absolute Gasteiger partial charge is 0.341 e. The van der Waals surface area contributed by atoms with E-state index in [1.165, 1.54) is 0 Å².